The Morgan fingerprint density at radius 1 is 1.24 bits per heavy atom. The van der Waals surface area contributed by atoms with Crippen LogP contribution in [0.15, 0.2) is 35.2 Å². The number of thiazole rings is 1. The SMILES string of the molecule is CCOC(=O)c1sc(Nc2nc(-c3ccc(SC)cc3)cc(N3CCC(O)CC3)n2)nc1C. The minimum atomic E-state index is -0.378. The zero-order chi connectivity index (χ0) is 23.4. The molecule has 2 aromatic heterocycles. The number of aromatic nitrogens is 3. The zero-order valence-corrected chi connectivity index (χ0v) is 20.5. The fourth-order valence-corrected chi connectivity index (χ4v) is 4.85. The lowest BCUT2D eigenvalue weighted by Gasteiger charge is -2.30. The van der Waals surface area contributed by atoms with Gasteiger partial charge in [0, 0.05) is 29.6 Å². The van der Waals surface area contributed by atoms with E-state index >= 15 is 0 Å². The number of esters is 1. The number of nitrogens with zero attached hydrogens (tertiary/aromatic N) is 4. The number of hydrogen-bond donors (Lipinski definition) is 2. The monoisotopic (exact) mass is 485 g/mol. The number of hydrogen-bond acceptors (Lipinski definition) is 10. The number of carbonyl (C=O) groups excluding carboxylic acids is 1. The van der Waals surface area contributed by atoms with Gasteiger partial charge in [-0.15, -0.1) is 11.8 Å². The number of nitrogens with one attached hydrogen (secondary N) is 1. The van der Waals surface area contributed by atoms with Crippen LogP contribution in [0.4, 0.5) is 16.9 Å². The fraction of sp³-hybridized carbons (Fsp3) is 0.391. The van der Waals surface area contributed by atoms with Crippen LogP contribution in [0.1, 0.15) is 35.1 Å². The van der Waals surface area contributed by atoms with Crippen LogP contribution in [0.5, 0.6) is 0 Å². The van der Waals surface area contributed by atoms with Gasteiger partial charge in [0.25, 0.3) is 0 Å². The summed E-state index contributed by atoms with van der Waals surface area (Å²) in [5.74, 6) is 0.825. The highest BCUT2D eigenvalue weighted by Gasteiger charge is 2.21. The Bertz CT molecular complexity index is 1110. The van der Waals surface area contributed by atoms with Crippen LogP contribution in [0, 0.1) is 6.92 Å². The van der Waals surface area contributed by atoms with Gasteiger partial charge in [-0.25, -0.2) is 14.8 Å². The van der Waals surface area contributed by atoms with E-state index in [4.69, 9.17) is 14.7 Å². The predicted octanol–water partition coefficient (Wildman–Crippen LogP) is 4.51. The van der Waals surface area contributed by atoms with Crippen molar-refractivity contribution in [2.75, 3.05) is 36.2 Å². The highest BCUT2D eigenvalue weighted by molar-refractivity contribution is 7.98. The molecule has 33 heavy (non-hydrogen) atoms. The lowest BCUT2D eigenvalue weighted by Crippen LogP contribution is -2.36. The molecular weight excluding hydrogens is 458 g/mol. The molecule has 174 valence electrons. The van der Waals surface area contributed by atoms with E-state index in [9.17, 15) is 9.90 Å². The van der Waals surface area contributed by atoms with Gasteiger partial charge in [-0.1, -0.05) is 23.5 Å². The van der Waals surface area contributed by atoms with E-state index in [1.165, 1.54) is 16.2 Å². The van der Waals surface area contributed by atoms with Crippen molar-refractivity contribution in [2.45, 2.75) is 37.7 Å². The second-order valence-electron chi connectivity index (χ2n) is 7.66. The van der Waals surface area contributed by atoms with E-state index in [0.717, 1.165) is 30.2 Å². The average Bonchev–Trinajstić information content (AvgIpc) is 3.19. The molecule has 3 heterocycles. The van der Waals surface area contributed by atoms with Crippen molar-refractivity contribution in [3.63, 3.8) is 0 Å². The molecule has 4 rings (SSSR count). The summed E-state index contributed by atoms with van der Waals surface area (Å²) in [7, 11) is 0. The summed E-state index contributed by atoms with van der Waals surface area (Å²) >= 11 is 2.92. The number of anilines is 3. The quantitative estimate of drug-likeness (QED) is 0.370. The van der Waals surface area contributed by atoms with Gasteiger partial charge in [0.05, 0.1) is 24.1 Å². The standard InChI is InChI=1S/C23H27N5O3S2/c1-4-31-21(30)20-14(2)24-23(33-20)27-22-25-18(15-5-7-17(32-3)8-6-15)13-19(26-22)28-11-9-16(29)10-12-28/h5-8,13,16,29H,4,9-12H2,1-3H3,(H,24,25,26,27). The summed E-state index contributed by atoms with van der Waals surface area (Å²) in [4.78, 5) is 29.9. The topological polar surface area (TPSA) is 100 Å². The van der Waals surface area contributed by atoms with Gasteiger partial charge < -0.3 is 14.7 Å². The first-order chi connectivity index (χ1) is 16.0. The number of thioether (sulfide) groups is 1. The molecule has 10 heteroatoms. The molecular formula is C23H27N5O3S2. The van der Waals surface area contributed by atoms with Crippen molar-refractivity contribution in [3.05, 3.63) is 40.9 Å². The summed E-state index contributed by atoms with van der Waals surface area (Å²) in [5.41, 5.74) is 2.38. The third kappa shape index (κ3) is 5.63. The van der Waals surface area contributed by atoms with Crippen molar-refractivity contribution in [2.24, 2.45) is 0 Å². The number of aliphatic hydroxyl groups excluding tert-OH is 1. The van der Waals surface area contributed by atoms with E-state index < -0.39 is 0 Å². The van der Waals surface area contributed by atoms with Gasteiger partial charge in [0.2, 0.25) is 5.95 Å². The van der Waals surface area contributed by atoms with Crippen LogP contribution in [0.3, 0.4) is 0 Å². The number of carbonyl (C=O) groups is 1. The second-order valence-corrected chi connectivity index (χ2v) is 9.54. The first-order valence-corrected chi connectivity index (χ1v) is 12.9. The van der Waals surface area contributed by atoms with Crippen LogP contribution in [-0.4, -0.2) is 58.1 Å². The highest BCUT2D eigenvalue weighted by atomic mass is 32.2. The highest BCUT2D eigenvalue weighted by Crippen LogP contribution is 2.30. The summed E-state index contributed by atoms with van der Waals surface area (Å²) in [6.45, 7) is 5.33. The Hall–Kier alpha value is -2.69. The fourth-order valence-electron chi connectivity index (χ4n) is 3.59. The van der Waals surface area contributed by atoms with E-state index in [1.54, 1.807) is 25.6 Å². The van der Waals surface area contributed by atoms with E-state index in [2.05, 4.69) is 27.3 Å². The molecule has 0 saturated carbocycles. The molecule has 0 aliphatic carbocycles. The molecule has 0 atom stereocenters. The van der Waals surface area contributed by atoms with Gasteiger partial charge in [0.15, 0.2) is 5.13 Å². The number of aliphatic hydroxyl groups is 1. The predicted molar refractivity (Wildman–Crippen MR) is 133 cm³/mol. The first-order valence-electron chi connectivity index (χ1n) is 10.8. The minimum Gasteiger partial charge on any atom is -0.462 e. The van der Waals surface area contributed by atoms with Crippen LogP contribution >= 0.6 is 23.1 Å². The normalized spacial score (nSPS) is 14.4. The average molecular weight is 486 g/mol. The van der Waals surface area contributed by atoms with Crippen LogP contribution in [0.25, 0.3) is 11.3 Å². The third-order valence-corrected chi connectivity index (χ3v) is 7.16. The summed E-state index contributed by atoms with van der Waals surface area (Å²) < 4.78 is 5.12. The molecule has 0 bridgehead atoms. The van der Waals surface area contributed by atoms with E-state index in [1.807, 2.05) is 24.5 Å². The van der Waals surface area contributed by atoms with Crippen LogP contribution in [-0.2, 0) is 4.74 Å². The largest absolute Gasteiger partial charge is 0.462 e. The number of ether oxygens (including phenoxy) is 1. The third-order valence-electron chi connectivity index (χ3n) is 5.36. The molecule has 0 unspecified atom stereocenters. The molecule has 1 aromatic carbocycles. The Balaban J connectivity index is 1.67. The number of benzene rings is 1. The van der Waals surface area contributed by atoms with Gasteiger partial charge >= 0.3 is 5.97 Å². The van der Waals surface area contributed by atoms with Gasteiger partial charge in [-0.05, 0) is 45.1 Å². The summed E-state index contributed by atoms with van der Waals surface area (Å²) in [5, 5.41) is 13.6. The molecule has 1 aliphatic rings. The van der Waals surface area contributed by atoms with Crippen molar-refractivity contribution in [1.29, 1.82) is 0 Å². The van der Waals surface area contributed by atoms with Crippen LogP contribution < -0.4 is 10.2 Å². The van der Waals surface area contributed by atoms with Crippen molar-refractivity contribution < 1.29 is 14.6 Å². The Morgan fingerprint density at radius 2 is 1.97 bits per heavy atom. The maximum atomic E-state index is 12.2. The zero-order valence-electron chi connectivity index (χ0n) is 18.9. The minimum absolute atomic E-state index is 0.265. The molecule has 1 fully saturated rings. The lowest BCUT2D eigenvalue weighted by molar-refractivity contribution is 0.0531. The Morgan fingerprint density at radius 3 is 2.64 bits per heavy atom. The second kappa shape index (κ2) is 10.5. The molecule has 8 nitrogen and oxygen atoms in total. The van der Waals surface area contributed by atoms with Gasteiger partial charge in [-0.3, -0.25) is 5.32 Å². The van der Waals surface area contributed by atoms with Crippen molar-refractivity contribution in [1.82, 2.24) is 15.0 Å². The Kier molecular flexibility index (Phi) is 7.46. The van der Waals surface area contributed by atoms with Gasteiger partial charge in [0.1, 0.15) is 10.7 Å². The number of rotatable bonds is 7. The summed E-state index contributed by atoms with van der Waals surface area (Å²) in [6, 6.07) is 10.2. The number of aryl methyl sites for hydroxylation is 1. The van der Waals surface area contributed by atoms with Gasteiger partial charge in [-0.2, -0.15) is 4.98 Å². The molecule has 0 amide bonds. The molecule has 2 N–H and O–H groups in total. The smallest absolute Gasteiger partial charge is 0.350 e. The maximum absolute atomic E-state index is 12.2. The van der Waals surface area contributed by atoms with Crippen LogP contribution in [0.2, 0.25) is 0 Å². The first kappa shape index (κ1) is 23.5. The molecule has 0 spiro atoms. The Labute approximate surface area is 201 Å². The van der Waals surface area contributed by atoms with Crippen molar-refractivity contribution in [3.8, 4) is 11.3 Å². The molecule has 0 radical (unpaired) electrons. The maximum Gasteiger partial charge on any atom is 0.350 e. The summed E-state index contributed by atoms with van der Waals surface area (Å²) in [6.07, 6.45) is 3.20. The van der Waals surface area contributed by atoms with E-state index in [0.29, 0.717) is 41.1 Å². The van der Waals surface area contributed by atoms with Crippen molar-refractivity contribution >= 4 is 46.0 Å². The van der Waals surface area contributed by atoms with E-state index in [-0.39, 0.29) is 12.1 Å². The molecule has 1 aliphatic heterocycles. The molecule has 1 saturated heterocycles. The molecule has 3 aromatic rings. The lowest BCUT2D eigenvalue weighted by atomic mass is 10.1. The number of piperidine rings is 1.